The third kappa shape index (κ3) is 20.1. The summed E-state index contributed by atoms with van der Waals surface area (Å²) >= 11 is 0. The molecule has 0 aliphatic heterocycles. The monoisotopic (exact) mass is 406 g/mol. The van der Waals surface area contributed by atoms with Gasteiger partial charge in [-0.25, -0.2) is 0 Å². The lowest BCUT2D eigenvalue weighted by molar-refractivity contribution is 1.37. The van der Waals surface area contributed by atoms with Crippen LogP contribution >= 0.6 is 0 Å². The maximum atomic E-state index is 3.32. The van der Waals surface area contributed by atoms with Crippen molar-refractivity contribution in [2.24, 2.45) is 0 Å². The predicted octanol–water partition coefficient (Wildman–Crippen LogP) is 6.33. The molecule has 0 N–H and O–H groups in total. The minimum atomic E-state index is 0.777. The first-order valence-electron chi connectivity index (χ1n) is 8.71. The summed E-state index contributed by atoms with van der Waals surface area (Å²) in [6.45, 7) is 10.3. The molecular weight excluding hydrogens is 396 g/mol. The molecule has 0 nitrogen and oxygen atoms in total. The average Bonchev–Trinajstić information content (AvgIpc) is 2.82. The highest BCUT2D eigenvalue weighted by molar-refractivity contribution is 5.25. The lowest BCUT2D eigenvalue weighted by Crippen LogP contribution is -1.71. The molecule has 0 radical (unpaired) electrons. The van der Waals surface area contributed by atoms with Gasteiger partial charge in [0.05, 0.1) is 0 Å². The molecule has 33 heavy (non-hydrogen) atoms. The number of allylic oxidation sites excluding steroid dienone is 2. The van der Waals surface area contributed by atoms with Gasteiger partial charge < -0.3 is 0 Å². The first-order valence-corrected chi connectivity index (χ1v) is 8.71. The quantitative estimate of drug-likeness (QED) is 0.353. The van der Waals surface area contributed by atoms with Gasteiger partial charge in [-0.15, -0.1) is 0 Å². The van der Waals surface area contributed by atoms with Crippen LogP contribution in [0, 0.1) is 0 Å². The molecular formula is C33H10. The van der Waals surface area contributed by atoms with Gasteiger partial charge in [0, 0.05) is 11.1 Å². The molecule has 0 heterocycles. The Morgan fingerprint density at radius 1 is 0.303 bits per heavy atom. The van der Waals surface area contributed by atoms with E-state index in [0.29, 0.717) is 0 Å². The van der Waals surface area contributed by atoms with Crippen LogP contribution in [0.1, 0.15) is 13.8 Å². The molecule has 0 fully saturated rings. The van der Waals surface area contributed by atoms with Crippen molar-refractivity contribution in [3.8, 4) is 0 Å². The van der Waals surface area contributed by atoms with Crippen LogP contribution in [0.2, 0.25) is 0 Å². The van der Waals surface area contributed by atoms with Crippen LogP contribution in [0.5, 0.6) is 0 Å². The Morgan fingerprint density at radius 2 is 0.485 bits per heavy atom. The van der Waals surface area contributed by atoms with E-state index in [4.69, 9.17) is 0 Å². The Labute approximate surface area is 192 Å². The fraction of sp³-hybridized carbons (Fsp3) is 0.0606. The normalized spacial score (nSPS) is 4.67. The summed E-state index contributed by atoms with van der Waals surface area (Å²) in [7, 11) is 0. The minimum absolute atomic E-state index is 0.777. The minimum Gasteiger partial charge on any atom is -0.0687 e. The van der Waals surface area contributed by atoms with Crippen LogP contribution in [-0.4, -0.2) is 0 Å². The van der Waals surface area contributed by atoms with Crippen molar-refractivity contribution in [1.82, 2.24) is 0 Å². The topological polar surface area (TPSA) is 0 Å². The summed E-state index contributed by atoms with van der Waals surface area (Å²) in [5, 5.41) is 0. The van der Waals surface area contributed by atoms with Gasteiger partial charge in [-0.2, -0.15) is 0 Å². The summed E-state index contributed by atoms with van der Waals surface area (Å²) in [4.78, 5) is 0. The van der Waals surface area contributed by atoms with E-state index in [1.165, 1.54) is 0 Å². The SMILES string of the molecule is C=C=C=C=C=C=C=C=C=C=C=C=C=C=C=C(C)C(C)=C=C=C=C=C=C=C=C=C=C=C=C=C=C. The molecule has 0 rings (SSSR count). The molecule has 0 atom stereocenters. The van der Waals surface area contributed by atoms with Gasteiger partial charge in [0.25, 0.3) is 0 Å². The second-order valence-corrected chi connectivity index (χ2v) is 4.73. The van der Waals surface area contributed by atoms with E-state index in [1.54, 1.807) is 0 Å². The van der Waals surface area contributed by atoms with E-state index in [1.807, 2.05) is 13.8 Å². The van der Waals surface area contributed by atoms with Crippen LogP contribution in [-0.2, 0) is 0 Å². The van der Waals surface area contributed by atoms with E-state index < -0.39 is 0 Å². The third-order valence-electron chi connectivity index (χ3n) is 2.55. The first kappa shape index (κ1) is 26.5. The van der Waals surface area contributed by atoms with Crippen molar-refractivity contribution in [2.45, 2.75) is 13.8 Å². The van der Waals surface area contributed by atoms with Gasteiger partial charge in [-0.05, 0) is 159 Å². The van der Waals surface area contributed by atoms with Crippen molar-refractivity contribution in [3.05, 3.63) is 179 Å². The predicted molar refractivity (Wildman–Crippen MR) is 124 cm³/mol. The Kier molecular flexibility index (Phi) is 17.6. The summed E-state index contributed by atoms with van der Waals surface area (Å²) < 4.78 is 0. The van der Waals surface area contributed by atoms with Gasteiger partial charge >= 0.3 is 0 Å². The lowest BCUT2D eigenvalue weighted by atomic mass is 10.1. The van der Waals surface area contributed by atoms with E-state index in [9.17, 15) is 0 Å². The molecule has 0 aromatic heterocycles. The van der Waals surface area contributed by atoms with Crippen LogP contribution in [0.25, 0.3) is 0 Å². The Bertz CT molecular complexity index is 1890. The van der Waals surface area contributed by atoms with Crippen LogP contribution in [0.15, 0.2) is 179 Å². The first-order chi connectivity index (χ1) is 16.2. The zero-order valence-electron chi connectivity index (χ0n) is 17.9. The molecule has 0 aromatic rings. The zero-order valence-corrected chi connectivity index (χ0v) is 17.9. The van der Waals surface area contributed by atoms with Crippen molar-refractivity contribution in [3.63, 3.8) is 0 Å². The molecule has 0 saturated carbocycles. The van der Waals surface area contributed by atoms with Crippen molar-refractivity contribution in [1.29, 1.82) is 0 Å². The molecule has 0 aliphatic carbocycles. The molecule has 0 spiro atoms. The second kappa shape index (κ2) is 21.8. The van der Waals surface area contributed by atoms with Crippen molar-refractivity contribution >= 4 is 0 Å². The largest absolute Gasteiger partial charge is 0.0687 e. The number of rotatable bonds is 1. The maximum absolute atomic E-state index is 3.32. The fourth-order valence-corrected chi connectivity index (χ4v) is 1.12. The zero-order chi connectivity index (χ0) is 24.2. The summed E-state index contributed by atoms with van der Waals surface area (Å²) in [6.07, 6.45) is 0. The highest BCUT2D eigenvalue weighted by atomic mass is 13.9. The lowest BCUT2D eigenvalue weighted by Gasteiger charge is -1.87. The maximum Gasteiger partial charge on any atom is 0.0112 e. The number of hydrogen-bond acceptors (Lipinski definition) is 0. The Hall–Kier alpha value is -6.46. The molecule has 0 aromatic carbocycles. The Balaban J connectivity index is 6.16. The van der Waals surface area contributed by atoms with E-state index in [0.717, 1.165) is 11.1 Å². The molecule has 0 saturated heterocycles. The van der Waals surface area contributed by atoms with Crippen LogP contribution in [0.4, 0.5) is 0 Å². The highest BCUT2D eigenvalue weighted by Gasteiger charge is 1.86. The molecule has 142 valence electrons. The summed E-state index contributed by atoms with van der Waals surface area (Å²) in [5.74, 6) is 0. The second-order valence-electron chi connectivity index (χ2n) is 4.73. The molecule has 0 heteroatoms. The molecule has 0 aliphatic rings. The third-order valence-corrected chi connectivity index (χ3v) is 2.55. The van der Waals surface area contributed by atoms with Crippen molar-refractivity contribution < 1.29 is 0 Å². The molecule has 0 unspecified atom stereocenters. The van der Waals surface area contributed by atoms with E-state index in [2.05, 4.69) is 168 Å². The molecule has 0 amide bonds. The van der Waals surface area contributed by atoms with Gasteiger partial charge in [0.1, 0.15) is 0 Å². The van der Waals surface area contributed by atoms with E-state index in [-0.39, 0.29) is 0 Å². The van der Waals surface area contributed by atoms with Crippen molar-refractivity contribution in [2.75, 3.05) is 0 Å². The fourth-order valence-electron chi connectivity index (χ4n) is 1.12. The summed E-state index contributed by atoms with van der Waals surface area (Å²) in [6, 6.07) is 0. The number of hydrogen-bond donors (Lipinski definition) is 0. The summed E-state index contributed by atoms with van der Waals surface area (Å²) in [5.41, 5.74) is 70.5. The standard InChI is InChI=1S/C33H10/c1-5-7-9-11-13-15-17-19-21-23-25-27-29-31-33(4)32(3)30-28-26-24-22-20-18-16-14-12-10-8-6-2/h1-2H2,3-4H3. The molecule has 0 bridgehead atoms. The van der Waals surface area contributed by atoms with Gasteiger partial charge in [0.15, 0.2) is 0 Å². The van der Waals surface area contributed by atoms with Gasteiger partial charge in [0.2, 0.25) is 0 Å². The Morgan fingerprint density at radius 3 is 0.697 bits per heavy atom. The van der Waals surface area contributed by atoms with Crippen LogP contribution < -0.4 is 0 Å². The van der Waals surface area contributed by atoms with Gasteiger partial charge in [-0.1, -0.05) is 22.9 Å². The van der Waals surface area contributed by atoms with Crippen LogP contribution in [0.3, 0.4) is 0 Å². The highest BCUT2D eigenvalue weighted by Crippen LogP contribution is 2.02. The van der Waals surface area contributed by atoms with E-state index >= 15 is 0 Å². The smallest absolute Gasteiger partial charge is 0.0112 e. The average molecular weight is 406 g/mol. The van der Waals surface area contributed by atoms with Gasteiger partial charge in [-0.3, -0.25) is 0 Å².